The summed E-state index contributed by atoms with van der Waals surface area (Å²) < 4.78 is 6.93. The van der Waals surface area contributed by atoms with Gasteiger partial charge in [0.1, 0.15) is 11.9 Å². The van der Waals surface area contributed by atoms with Crippen molar-refractivity contribution in [1.29, 1.82) is 0 Å². The van der Waals surface area contributed by atoms with Gasteiger partial charge in [-0.05, 0) is 32.0 Å². The van der Waals surface area contributed by atoms with Gasteiger partial charge in [0.05, 0.1) is 5.92 Å². The summed E-state index contributed by atoms with van der Waals surface area (Å²) in [6, 6.07) is 9.46. The van der Waals surface area contributed by atoms with Crippen LogP contribution >= 0.6 is 15.9 Å². The Kier molecular flexibility index (Phi) is 6.04. The molecule has 2 amide bonds. The van der Waals surface area contributed by atoms with Gasteiger partial charge in [0.25, 0.3) is 0 Å². The molecule has 2 saturated heterocycles. The molecule has 3 heterocycles. The van der Waals surface area contributed by atoms with Crippen molar-refractivity contribution in [2.75, 3.05) is 24.5 Å². The Balaban J connectivity index is 1.32. The van der Waals surface area contributed by atoms with Gasteiger partial charge in [-0.15, -0.1) is 0 Å². The molecular weight excluding hydrogens is 448 g/mol. The molecule has 2 aromatic rings. The average Bonchev–Trinajstić information content (AvgIpc) is 3.09. The number of benzene rings is 1. The first-order valence-corrected chi connectivity index (χ1v) is 11.0. The summed E-state index contributed by atoms with van der Waals surface area (Å²) in [6.45, 7) is 5.47. The molecule has 7 nitrogen and oxygen atoms in total. The number of carbonyl (C=O) groups is 2. The fraction of sp³-hybridized carbons (Fsp3) is 0.455. The quantitative estimate of drug-likeness (QED) is 0.682. The van der Waals surface area contributed by atoms with E-state index in [1.165, 1.54) is 0 Å². The topological polar surface area (TPSA) is 75.6 Å². The minimum Gasteiger partial charge on any atom is -0.474 e. The van der Waals surface area contributed by atoms with Gasteiger partial charge in [0.2, 0.25) is 17.7 Å². The number of nitrogens with zero attached hydrogens (tertiary/aromatic N) is 4. The Hall–Kier alpha value is -2.48. The van der Waals surface area contributed by atoms with Crippen LogP contribution in [-0.4, -0.2) is 52.4 Å². The molecule has 2 fully saturated rings. The van der Waals surface area contributed by atoms with E-state index in [-0.39, 0.29) is 30.3 Å². The SMILES string of the molecule is Cc1cc(OC2CCN(C(=O)C3CC(=O)N(c4cccc(Br)c4)C3)CC2)nc(C)n1. The predicted octanol–water partition coefficient (Wildman–Crippen LogP) is 3.28. The second-order valence-corrected chi connectivity index (χ2v) is 8.84. The molecule has 0 bridgehead atoms. The molecule has 2 aliphatic heterocycles. The number of aryl methyl sites for hydroxylation is 2. The monoisotopic (exact) mass is 472 g/mol. The van der Waals surface area contributed by atoms with Crippen LogP contribution in [0, 0.1) is 19.8 Å². The van der Waals surface area contributed by atoms with Crippen molar-refractivity contribution in [3.63, 3.8) is 0 Å². The number of halogens is 1. The molecule has 1 unspecified atom stereocenters. The third-order valence-corrected chi connectivity index (χ3v) is 6.07. The molecule has 0 radical (unpaired) electrons. The van der Waals surface area contributed by atoms with Gasteiger partial charge in [0, 0.05) is 60.8 Å². The van der Waals surface area contributed by atoms with Crippen LogP contribution in [0.5, 0.6) is 5.88 Å². The van der Waals surface area contributed by atoms with Crippen molar-refractivity contribution in [3.05, 3.63) is 46.3 Å². The van der Waals surface area contributed by atoms with E-state index in [4.69, 9.17) is 4.74 Å². The normalized spacial score (nSPS) is 20.0. The maximum atomic E-state index is 13.0. The first kappa shape index (κ1) is 20.8. The number of amides is 2. The maximum absolute atomic E-state index is 13.0. The number of anilines is 1. The molecule has 4 rings (SSSR count). The molecule has 0 saturated carbocycles. The van der Waals surface area contributed by atoms with E-state index in [1.54, 1.807) is 4.90 Å². The molecular formula is C22H25BrN4O3. The van der Waals surface area contributed by atoms with E-state index < -0.39 is 0 Å². The number of likely N-dealkylation sites (tertiary alicyclic amines) is 1. The van der Waals surface area contributed by atoms with Crippen LogP contribution in [0.15, 0.2) is 34.8 Å². The largest absolute Gasteiger partial charge is 0.474 e. The van der Waals surface area contributed by atoms with Crippen LogP contribution in [0.4, 0.5) is 5.69 Å². The van der Waals surface area contributed by atoms with Crippen LogP contribution in [0.2, 0.25) is 0 Å². The van der Waals surface area contributed by atoms with Crippen molar-refractivity contribution < 1.29 is 14.3 Å². The Labute approximate surface area is 184 Å². The van der Waals surface area contributed by atoms with Crippen LogP contribution in [0.1, 0.15) is 30.8 Å². The van der Waals surface area contributed by atoms with Crippen molar-refractivity contribution in [1.82, 2.24) is 14.9 Å². The zero-order valence-corrected chi connectivity index (χ0v) is 18.8. The molecule has 2 aliphatic rings. The van der Waals surface area contributed by atoms with E-state index in [0.717, 1.165) is 28.7 Å². The van der Waals surface area contributed by atoms with Crippen molar-refractivity contribution in [2.45, 2.75) is 39.2 Å². The van der Waals surface area contributed by atoms with E-state index in [1.807, 2.05) is 49.1 Å². The van der Waals surface area contributed by atoms with Crippen LogP contribution < -0.4 is 9.64 Å². The van der Waals surface area contributed by atoms with Gasteiger partial charge in [-0.2, -0.15) is 4.98 Å². The highest BCUT2D eigenvalue weighted by Crippen LogP contribution is 2.29. The van der Waals surface area contributed by atoms with Gasteiger partial charge in [0.15, 0.2) is 0 Å². The van der Waals surface area contributed by atoms with Crippen LogP contribution in [0.3, 0.4) is 0 Å². The lowest BCUT2D eigenvalue weighted by Crippen LogP contribution is -2.45. The Morgan fingerprint density at radius 1 is 1.17 bits per heavy atom. The van der Waals surface area contributed by atoms with Gasteiger partial charge >= 0.3 is 0 Å². The predicted molar refractivity (Wildman–Crippen MR) is 116 cm³/mol. The molecule has 30 heavy (non-hydrogen) atoms. The summed E-state index contributed by atoms with van der Waals surface area (Å²) in [5.74, 6) is 1.06. The van der Waals surface area contributed by atoms with Gasteiger partial charge in [-0.25, -0.2) is 4.98 Å². The first-order chi connectivity index (χ1) is 14.4. The van der Waals surface area contributed by atoms with Gasteiger partial charge < -0.3 is 14.5 Å². The number of piperidine rings is 1. The zero-order valence-electron chi connectivity index (χ0n) is 17.2. The van der Waals surface area contributed by atoms with E-state index in [2.05, 4.69) is 25.9 Å². The lowest BCUT2D eigenvalue weighted by Gasteiger charge is -2.33. The summed E-state index contributed by atoms with van der Waals surface area (Å²) in [5.41, 5.74) is 1.71. The molecule has 0 N–H and O–H groups in total. The molecule has 1 aromatic carbocycles. The molecule has 1 atom stereocenters. The summed E-state index contributed by atoms with van der Waals surface area (Å²) in [4.78, 5) is 37.7. The lowest BCUT2D eigenvalue weighted by molar-refractivity contribution is -0.137. The van der Waals surface area contributed by atoms with Gasteiger partial charge in [-0.3, -0.25) is 9.59 Å². The molecule has 0 spiro atoms. The van der Waals surface area contributed by atoms with Crippen molar-refractivity contribution in [3.8, 4) is 5.88 Å². The Bertz CT molecular complexity index is 939. The third-order valence-electron chi connectivity index (χ3n) is 5.58. The number of aromatic nitrogens is 2. The average molecular weight is 473 g/mol. The highest BCUT2D eigenvalue weighted by molar-refractivity contribution is 9.10. The summed E-state index contributed by atoms with van der Waals surface area (Å²) in [6.07, 6.45) is 1.81. The van der Waals surface area contributed by atoms with Crippen LogP contribution in [0.25, 0.3) is 0 Å². The fourth-order valence-corrected chi connectivity index (χ4v) is 4.52. The summed E-state index contributed by atoms with van der Waals surface area (Å²) in [7, 11) is 0. The minimum atomic E-state index is -0.291. The number of rotatable bonds is 4. The highest BCUT2D eigenvalue weighted by atomic mass is 79.9. The molecule has 0 aliphatic carbocycles. The van der Waals surface area contributed by atoms with Crippen molar-refractivity contribution in [2.24, 2.45) is 5.92 Å². The summed E-state index contributed by atoms with van der Waals surface area (Å²) >= 11 is 3.44. The number of hydrogen-bond donors (Lipinski definition) is 0. The lowest BCUT2D eigenvalue weighted by atomic mass is 10.0. The Morgan fingerprint density at radius 2 is 1.93 bits per heavy atom. The number of ether oxygens (including phenoxy) is 1. The number of hydrogen-bond acceptors (Lipinski definition) is 5. The first-order valence-electron chi connectivity index (χ1n) is 10.2. The van der Waals surface area contributed by atoms with E-state index in [0.29, 0.717) is 31.3 Å². The standard InChI is InChI=1S/C22H25BrN4O3/c1-14-10-20(25-15(2)24-14)30-19-6-8-26(9-7-19)22(29)16-11-21(28)27(13-16)18-5-3-4-17(23)12-18/h3-5,10,12,16,19H,6-9,11,13H2,1-2H3. The highest BCUT2D eigenvalue weighted by Gasteiger charge is 2.38. The van der Waals surface area contributed by atoms with E-state index >= 15 is 0 Å². The summed E-state index contributed by atoms with van der Waals surface area (Å²) in [5, 5.41) is 0. The van der Waals surface area contributed by atoms with Crippen molar-refractivity contribution >= 4 is 33.4 Å². The zero-order chi connectivity index (χ0) is 21.3. The molecule has 1 aromatic heterocycles. The molecule has 158 valence electrons. The Morgan fingerprint density at radius 3 is 2.63 bits per heavy atom. The number of carbonyl (C=O) groups excluding carboxylic acids is 2. The minimum absolute atomic E-state index is 0.000768. The third kappa shape index (κ3) is 4.64. The second kappa shape index (κ2) is 8.71. The maximum Gasteiger partial charge on any atom is 0.228 e. The van der Waals surface area contributed by atoms with E-state index in [9.17, 15) is 9.59 Å². The second-order valence-electron chi connectivity index (χ2n) is 7.92. The molecule has 8 heteroatoms. The fourth-order valence-electron chi connectivity index (χ4n) is 4.13. The van der Waals surface area contributed by atoms with Crippen LogP contribution in [-0.2, 0) is 9.59 Å². The smallest absolute Gasteiger partial charge is 0.228 e. The van der Waals surface area contributed by atoms with Gasteiger partial charge in [-0.1, -0.05) is 22.0 Å².